The maximum atomic E-state index is 10.4. The highest BCUT2D eigenvalue weighted by Gasteiger charge is 2.17. The molecule has 0 bridgehead atoms. The smallest absolute Gasteiger partial charge is 0.119 e. The van der Waals surface area contributed by atoms with Crippen molar-refractivity contribution in [3.05, 3.63) is 65.2 Å². The molecule has 2 heterocycles. The Hall–Kier alpha value is -1.88. The minimum atomic E-state index is -0.435. The van der Waals surface area contributed by atoms with Gasteiger partial charge in [0.05, 0.1) is 0 Å². The Morgan fingerprint density at radius 2 is 1.66 bits per heavy atom. The molecule has 156 valence electrons. The summed E-state index contributed by atoms with van der Waals surface area (Å²) in [7, 11) is 0. The lowest BCUT2D eigenvalue weighted by molar-refractivity contribution is 0.0693. The van der Waals surface area contributed by atoms with E-state index in [4.69, 9.17) is 4.74 Å². The van der Waals surface area contributed by atoms with Gasteiger partial charge in [0.25, 0.3) is 0 Å². The summed E-state index contributed by atoms with van der Waals surface area (Å²) in [6.45, 7) is 6.31. The zero-order chi connectivity index (χ0) is 19.9. The van der Waals surface area contributed by atoms with Crippen LogP contribution in [0.25, 0.3) is 0 Å². The van der Waals surface area contributed by atoms with Gasteiger partial charge in [0, 0.05) is 26.2 Å². The lowest BCUT2D eigenvalue weighted by Crippen LogP contribution is -2.36. The number of β-amino-alcohol motifs (C(OH)–C–C–N with tert-alkyl or cyclic N) is 1. The first-order chi connectivity index (χ1) is 14.3. The number of benzene rings is 2. The highest BCUT2D eigenvalue weighted by molar-refractivity contribution is 5.31. The molecule has 0 amide bonds. The van der Waals surface area contributed by atoms with E-state index in [1.165, 1.54) is 42.4 Å². The lowest BCUT2D eigenvalue weighted by atomic mass is 9.99. The lowest BCUT2D eigenvalue weighted by Gasteiger charge is -2.28. The summed E-state index contributed by atoms with van der Waals surface area (Å²) in [5.41, 5.74) is 4.20. The van der Waals surface area contributed by atoms with Gasteiger partial charge in [-0.15, -0.1) is 0 Å². The van der Waals surface area contributed by atoms with Gasteiger partial charge < -0.3 is 14.7 Å². The molecule has 4 heteroatoms. The van der Waals surface area contributed by atoms with E-state index in [0.717, 1.165) is 44.9 Å². The summed E-state index contributed by atoms with van der Waals surface area (Å²) in [5, 5.41) is 10.4. The van der Waals surface area contributed by atoms with Crippen LogP contribution in [-0.2, 0) is 19.5 Å². The summed E-state index contributed by atoms with van der Waals surface area (Å²) in [6.07, 6.45) is 5.81. The van der Waals surface area contributed by atoms with Crippen LogP contribution < -0.4 is 4.74 Å². The average Bonchev–Trinajstić information content (AvgIpc) is 3.01. The van der Waals surface area contributed by atoms with Crippen molar-refractivity contribution in [1.82, 2.24) is 9.80 Å². The Labute approximate surface area is 175 Å². The summed E-state index contributed by atoms with van der Waals surface area (Å²) >= 11 is 0. The van der Waals surface area contributed by atoms with E-state index in [9.17, 15) is 5.11 Å². The Morgan fingerprint density at radius 1 is 0.862 bits per heavy atom. The van der Waals surface area contributed by atoms with Crippen molar-refractivity contribution in [3.63, 3.8) is 0 Å². The molecule has 29 heavy (non-hydrogen) atoms. The molecule has 1 saturated heterocycles. The molecule has 0 saturated carbocycles. The normalized spacial score (nSPS) is 19.3. The highest BCUT2D eigenvalue weighted by Crippen LogP contribution is 2.22. The van der Waals surface area contributed by atoms with Crippen molar-refractivity contribution in [2.75, 3.05) is 32.8 Å². The zero-order valence-corrected chi connectivity index (χ0v) is 17.4. The van der Waals surface area contributed by atoms with E-state index < -0.39 is 6.10 Å². The van der Waals surface area contributed by atoms with Crippen LogP contribution in [0, 0.1) is 0 Å². The number of fused-ring (bicyclic) bond motifs is 1. The molecule has 2 aromatic carbocycles. The van der Waals surface area contributed by atoms with Crippen LogP contribution in [0.5, 0.6) is 5.75 Å². The van der Waals surface area contributed by atoms with Gasteiger partial charge in [0.15, 0.2) is 0 Å². The minimum Gasteiger partial charge on any atom is -0.491 e. The first-order valence-electron chi connectivity index (χ1n) is 11.2. The summed E-state index contributed by atoms with van der Waals surface area (Å²) in [6, 6.07) is 17.1. The maximum Gasteiger partial charge on any atom is 0.119 e. The Morgan fingerprint density at radius 3 is 2.48 bits per heavy atom. The standard InChI is InChI=1S/C25H34N2O2/c28-24(19-26-13-5-1-2-6-14-26)20-29-25-11-7-8-21(16-25)17-27-15-12-22-9-3-4-10-23(22)18-27/h3-4,7-11,16,24,28H,1-2,5-6,12-15,17-20H2/t24-/m1/s1. The number of aliphatic hydroxyl groups is 1. The molecule has 1 N–H and O–H groups in total. The van der Waals surface area contributed by atoms with Crippen molar-refractivity contribution in [2.45, 2.75) is 51.3 Å². The Kier molecular flexibility index (Phi) is 7.20. The van der Waals surface area contributed by atoms with Crippen molar-refractivity contribution >= 4 is 0 Å². The quantitative estimate of drug-likeness (QED) is 0.774. The fourth-order valence-corrected chi connectivity index (χ4v) is 4.54. The number of rotatable bonds is 7. The average molecular weight is 395 g/mol. The number of likely N-dealkylation sites (tertiary alicyclic amines) is 1. The van der Waals surface area contributed by atoms with Crippen LogP contribution in [0.2, 0.25) is 0 Å². The molecule has 0 aromatic heterocycles. The molecule has 1 fully saturated rings. The number of aliphatic hydroxyl groups excluding tert-OH is 1. The Bertz CT molecular complexity index is 771. The molecular weight excluding hydrogens is 360 g/mol. The predicted octanol–water partition coefficient (Wildman–Crippen LogP) is 3.86. The first kappa shape index (κ1) is 20.4. The van der Waals surface area contributed by atoms with Crippen molar-refractivity contribution in [3.8, 4) is 5.75 Å². The maximum absolute atomic E-state index is 10.4. The van der Waals surface area contributed by atoms with Gasteiger partial charge in [-0.1, -0.05) is 49.2 Å². The van der Waals surface area contributed by atoms with Gasteiger partial charge in [0.1, 0.15) is 18.5 Å². The van der Waals surface area contributed by atoms with E-state index in [1.807, 2.05) is 6.07 Å². The third-order valence-corrected chi connectivity index (χ3v) is 6.12. The molecule has 0 aliphatic carbocycles. The van der Waals surface area contributed by atoms with E-state index in [0.29, 0.717) is 13.2 Å². The third-order valence-electron chi connectivity index (χ3n) is 6.12. The van der Waals surface area contributed by atoms with E-state index in [1.54, 1.807) is 0 Å². The largest absolute Gasteiger partial charge is 0.491 e. The topological polar surface area (TPSA) is 35.9 Å². The molecule has 2 aliphatic rings. The van der Waals surface area contributed by atoms with Gasteiger partial charge in [0.2, 0.25) is 0 Å². The first-order valence-corrected chi connectivity index (χ1v) is 11.2. The summed E-state index contributed by atoms with van der Waals surface area (Å²) in [4.78, 5) is 4.88. The number of ether oxygens (including phenoxy) is 1. The molecular formula is C25H34N2O2. The zero-order valence-electron chi connectivity index (χ0n) is 17.4. The van der Waals surface area contributed by atoms with Crippen LogP contribution in [0.4, 0.5) is 0 Å². The van der Waals surface area contributed by atoms with Crippen LogP contribution in [0.1, 0.15) is 42.4 Å². The van der Waals surface area contributed by atoms with Crippen LogP contribution in [0.3, 0.4) is 0 Å². The molecule has 0 unspecified atom stereocenters. The molecule has 4 rings (SSSR count). The molecule has 2 aliphatic heterocycles. The number of nitrogens with zero attached hydrogens (tertiary/aromatic N) is 2. The van der Waals surface area contributed by atoms with Crippen LogP contribution >= 0.6 is 0 Å². The molecule has 1 atom stereocenters. The van der Waals surface area contributed by atoms with E-state index >= 15 is 0 Å². The fourth-order valence-electron chi connectivity index (χ4n) is 4.54. The Balaban J connectivity index is 1.26. The molecule has 2 aromatic rings. The van der Waals surface area contributed by atoms with Crippen LogP contribution in [0.15, 0.2) is 48.5 Å². The summed E-state index contributed by atoms with van der Waals surface area (Å²) in [5.74, 6) is 0.856. The predicted molar refractivity (Wildman–Crippen MR) is 117 cm³/mol. The SMILES string of the molecule is O[C@@H](COc1cccc(CN2CCc3ccccc3C2)c1)CN1CCCCCC1. The van der Waals surface area contributed by atoms with Gasteiger partial charge in [-0.05, 0) is 61.2 Å². The minimum absolute atomic E-state index is 0.358. The summed E-state index contributed by atoms with van der Waals surface area (Å²) < 4.78 is 5.93. The van der Waals surface area contributed by atoms with Gasteiger partial charge >= 0.3 is 0 Å². The van der Waals surface area contributed by atoms with E-state index in [2.05, 4.69) is 52.3 Å². The monoisotopic (exact) mass is 394 g/mol. The number of hydrogen-bond donors (Lipinski definition) is 1. The van der Waals surface area contributed by atoms with Crippen molar-refractivity contribution < 1.29 is 9.84 Å². The van der Waals surface area contributed by atoms with Crippen molar-refractivity contribution in [2.24, 2.45) is 0 Å². The van der Waals surface area contributed by atoms with Gasteiger partial charge in [-0.3, -0.25) is 4.90 Å². The van der Waals surface area contributed by atoms with Gasteiger partial charge in [-0.2, -0.15) is 0 Å². The fraction of sp³-hybridized carbons (Fsp3) is 0.520. The molecule has 4 nitrogen and oxygen atoms in total. The highest BCUT2D eigenvalue weighted by atomic mass is 16.5. The van der Waals surface area contributed by atoms with E-state index in [-0.39, 0.29) is 0 Å². The van der Waals surface area contributed by atoms with Crippen molar-refractivity contribution in [1.29, 1.82) is 0 Å². The third kappa shape index (κ3) is 6.05. The molecule has 0 radical (unpaired) electrons. The second-order valence-electron chi connectivity index (χ2n) is 8.56. The van der Waals surface area contributed by atoms with Crippen LogP contribution in [-0.4, -0.2) is 53.8 Å². The number of hydrogen-bond acceptors (Lipinski definition) is 4. The second kappa shape index (κ2) is 10.2. The second-order valence-corrected chi connectivity index (χ2v) is 8.56. The van der Waals surface area contributed by atoms with Gasteiger partial charge in [-0.25, -0.2) is 0 Å². The molecule has 0 spiro atoms.